The Hall–Kier alpha value is -1.20. The van der Waals surface area contributed by atoms with Crippen LogP contribution in [0.3, 0.4) is 0 Å². The average Bonchev–Trinajstić information content (AvgIpc) is 2.88. The Labute approximate surface area is 157 Å². The highest BCUT2D eigenvalue weighted by Crippen LogP contribution is 2.29. The van der Waals surface area contributed by atoms with Crippen molar-refractivity contribution in [1.29, 1.82) is 0 Å². The number of ether oxygens (including phenoxy) is 1. The Kier molecular flexibility index (Phi) is 6.42. The second-order valence-electron chi connectivity index (χ2n) is 6.74. The molecule has 0 unspecified atom stereocenters. The zero-order chi connectivity index (χ0) is 19.5. The zero-order valence-electron chi connectivity index (χ0n) is 15.0. The van der Waals surface area contributed by atoms with Crippen LogP contribution in [0.5, 0.6) is 0 Å². The highest BCUT2D eigenvalue weighted by Gasteiger charge is 2.32. The number of morpholine rings is 1. The van der Waals surface area contributed by atoms with E-state index in [1.807, 2.05) is 0 Å². The lowest BCUT2D eigenvalue weighted by Gasteiger charge is -2.31. The SMILES string of the molecule is O=S(=O)(N1CCOCC1)N1CCCN(Cc2ccc(C(F)(F)F)cc2)CC1. The van der Waals surface area contributed by atoms with Crippen LogP contribution in [0.15, 0.2) is 24.3 Å². The van der Waals surface area contributed by atoms with Crippen LogP contribution in [0.4, 0.5) is 13.2 Å². The van der Waals surface area contributed by atoms with Crippen molar-refractivity contribution in [3.63, 3.8) is 0 Å². The summed E-state index contributed by atoms with van der Waals surface area (Å²) in [6.45, 7) is 4.14. The van der Waals surface area contributed by atoms with Crippen molar-refractivity contribution in [2.75, 3.05) is 52.5 Å². The van der Waals surface area contributed by atoms with Crippen LogP contribution in [0.1, 0.15) is 17.5 Å². The molecule has 0 saturated carbocycles. The van der Waals surface area contributed by atoms with Gasteiger partial charge in [0.05, 0.1) is 18.8 Å². The molecule has 2 heterocycles. The van der Waals surface area contributed by atoms with E-state index in [2.05, 4.69) is 4.90 Å². The predicted octanol–water partition coefficient (Wildman–Crippen LogP) is 1.79. The molecule has 152 valence electrons. The third-order valence-corrected chi connectivity index (χ3v) is 6.89. The van der Waals surface area contributed by atoms with Crippen molar-refractivity contribution in [2.45, 2.75) is 19.1 Å². The quantitative estimate of drug-likeness (QED) is 0.764. The topological polar surface area (TPSA) is 53.1 Å². The molecule has 3 rings (SSSR count). The Balaban J connectivity index is 1.58. The Morgan fingerprint density at radius 1 is 0.889 bits per heavy atom. The van der Waals surface area contributed by atoms with Crippen LogP contribution in [0.2, 0.25) is 0 Å². The first kappa shape index (κ1) is 20.5. The predicted molar refractivity (Wildman–Crippen MR) is 94.2 cm³/mol. The lowest BCUT2D eigenvalue weighted by Crippen LogP contribution is -2.49. The van der Waals surface area contributed by atoms with E-state index in [1.54, 1.807) is 0 Å². The van der Waals surface area contributed by atoms with Crippen molar-refractivity contribution in [3.8, 4) is 0 Å². The Morgan fingerprint density at radius 2 is 1.52 bits per heavy atom. The van der Waals surface area contributed by atoms with E-state index in [0.717, 1.165) is 17.7 Å². The fourth-order valence-electron chi connectivity index (χ4n) is 3.33. The summed E-state index contributed by atoms with van der Waals surface area (Å²) in [5.74, 6) is 0. The molecule has 0 amide bonds. The van der Waals surface area contributed by atoms with Gasteiger partial charge in [-0.05, 0) is 30.7 Å². The van der Waals surface area contributed by atoms with Gasteiger partial charge in [-0.15, -0.1) is 0 Å². The molecule has 10 heteroatoms. The maximum atomic E-state index is 12.8. The molecule has 0 aromatic heterocycles. The summed E-state index contributed by atoms with van der Waals surface area (Å²) in [4.78, 5) is 2.08. The fraction of sp³-hybridized carbons (Fsp3) is 0.647. The lowest BCUT2D eigenvalue weighted by molar-refractivity contribution is -0.137. The standard InChI is InChI=1S/C17H24F3N3O3S/c18-17(19,20)16-4-2-15(3-5-16)14-21-6-1-7-22(9-8-21)27(24,25)23-10-12-26-13-11-23/h2-5H,1,6-14H2. The maximum absolute atomic E-state index is 12.8. The second kappa shape index (κ2) is 8.44. The molecule has 0 atom stereocenters. The summed E-state index contributed by atoms with van der Waals surface area (Å²) < 4.78 is 71.7. The van der Waals surface area contributed by atoms with E-state index in [4.69, 9.17) is 4.74 Å². The van der Waals surface area contributed by atoms with Gasteiger partial charge in [0.2, 0.25) is 0 Å². The van der Waals surface area contributed by atoms with Crippen LogP contribution in [0.25, 0.3) is 0 Å². The van der Waals surface area contributed by atoms with Crippen molar-refractivity contribution in [2.24, 2.45) is 0 Å². The molecule has 2 aliphatic heterocycles. The smallest absolute Gasteiger partial charge is 0.379 e. The van der Waals surface area contributed by atoms with Crippen LogP contribution in [-0.4, -0.2) is 74.4 Å². The number of hydrogen-bond acceptors (Lipinski definition) is 4. The first-order chi connectivity index (χ1) is 12.8. The van der Waals surface area contributed by atoms with E-state index >= 15 is 0 Å². The van der Waals surface area contributed by atoms with Gasteiger partial charge < -0.3 is 4.74 Å². The first-order valence-electron chi connectivity index (χ1n) is 8.98. The summed E-state index contributed by atoms with van der Waals surface area (Å²) >= 11 is 0. The molecule has 0 radical (unpaired) electrons. The number of halogens is 3. The van der Waals surface area contributed by atoms with Crippen LogP contribution < -0.4 is 0 Å². The number of rotatable bonds is 4. The van der Waals surface area contributed by atoms with Crippen LogP contribution >= 0.6 is 0 Å². The van der Waals surface area contributed by atoms with Gasteiger partial charge in [-0.2, -0.15) is 30.2 Å². The van der Waals surface area contributed by atoms with Gasteiger partial charge in [-0.25, -0.2) is 0 Å². The molecule has 6 nitrogen and oxygen atoms in total. The van der Waals surface area contributed by atoms with E-state index in [1.165, 1.54) is 20.7 Å². The van der Waals surface area contributed by atoms with Gasteiger partial charge in [-0.3, -0.25) is 4.90 Å². The Bertz CT molecular complexity index is 719. The van der Waals surface area contributed by atoms with Crippen molar-refractivity contribution in [1.82, 2.24) is 13.5 Å². The van der Waals surface area contributed by atoms with Crippen molar-refractivity contribution >= 4 is 10.2 Å². The van der Waals surface area contributed by atoms with Crippen molar-refractivity contribution in [3.05, 3.63) is 35.4 Å². The summed E-state index contributed by atoms with van der Waals surface area (Å²) in [7, 11) is -3.49. The largest absolute Gasteiger partial charge is 0.416 e. The molecule has 0 bridgehead atoms. The zero-order valence-corrected chi connectivity index (χ0v) is 15.8. The molecular formula is C17H24F3N3O3S. The molecule has 2 fully saturated rings. The van der Waals surface area contributed by atoms with E-state index in [-0.39, 0.29) is 0 Å². The average molecular weight is 407 g/mol. The number of nitrogens with zero attached hydrogens (tertiary/aromatic N) is 3. The minimum atomic E-state index is -4.34. The van der Waals surface area contributed by atoms with E-state index in [9.17, 15) is 21.6 Å². The van der Waals surface area contributed by atoms with Crippen LogP contribution in [0, 0.1) is 0 Å². The summed E-state index contributed by atoms with van der Waals surface area (Å²) in [6.07, 6.45) is -3.65. The maximum Gasteiger partial charge on any atom is 0.416 e. The number of alkyl halides is 3. The lowest BCUT2D eigenvalue weighted by atomic mass is 10.1. The third kappa shape index (κ3) is 5.20. The summed E-state index contributed by atoms with van der Waals surface area (Å²) in [5.41, 5.74) is 0.123. The molecule has 2 saturated heterocycles. The van der Waals surface area contributed by atoms with Gasteiger partial charge in [0.15, 0.2) is 0 Å². The normalized spacial score (nSPS) is 21.9. The highest BCUT2D eigenvalue weighted by atomic mass is 32.2. The monoisotopic (exact) mass is 407 g/mol. The Morgan fingerprint density at radius 3 is 2.15 bits per heavy atom. The van der Waals surface area contributed by atoms with Gasteiger partial charge in [0.25, 0.3) is 10.2 Å². The molecular weight excluding hydrogens is 383 g/mol. The van der Waals surface area contributed by atoms with E-state index in [0.29, 0.717) is 65.4 Å². The minimum Gasteiger partial charge on any atom is -0.379 e. The second-order valence-corrected chi connectivity index (χ2v) is 8.67. The number of benzene rings is 1. The molecule has 0 N–H and O–H groups in total. The number of hydrogen-bond donors (Lipinski definition) is 0. The molecule has 1 aromatic carbocycles. The molecule has 27 heavy (non-hydrogen) atoms. The first-order valence-corrected chi connectivity index (χ1v) is 10.4. The van der Waals surface area contributed by atoms with Gasteiger partial charge in [0, 0.05) is 39.3 Å². The summed E-state index contributed by atoms with van der Waals surface area (Å²) in [5, 5.41) is 0. The van der Waals surface area contributed by atoms with Crippen molar-refractivity contribution < 1.29 is 26.3 Å². The molecule has 0 spiro atoms. The van der Waals surface area contributed by atoms with Crippen LogP contribution in [-0.2, 0) is 27.7 Å². The third-order valence-electron chi connectivity index (χ3n) is 4.86. The molecule has 2 aliphatic rings. The molecule has 1 aromatic rings. The highest BCUT2D eigenvalue weighted by molar-refractivity contribution is 7.86. The van der Waals surface area contributed by atoms with Gasteiger partial charge in [0.1, 0.15) is 0 Å². The molecule has 0 aliphatic carbocycles. The minimum absolute atomic E-state index is 0.369. The van der Waals surface area contributed by atoms with Gasteiger partial charge >= 0.3 is 6.18 Å². The van der Waals surface area contributed by atoms with E-state index < -0.39 is 21.9 Å². The fourth-order valence-corrected chi connectivity index (χ4v) is 4.94. The summed E-state index contributed by atoms with van der Waals surface area (Å²) in [6, 6.07) is 5.14. The van der Waals surface area contributed by atoms with Gasteiger partial charge in [-0.1, -0.05) is 12.1 Å².